The van der Waals surface area contributed by atoms with Crippen LogP contribution in [-0.4, -0.2) is 18.2 Å². The van der Waals surface area contributed by atoms with Crippen molar-refractivity contribution >= 4 is 0 Å². The van der Waals surface area contributed by atoms with Gasteiger partial charge in [0.15, 0.2) is 11.6 Å². The predicted molar refractivity (Wildman–Crippen MR) is 56.6 cm³/mol. The minimum absolute atomic E-state index is 0.303. The molecular formula is C12H15F2NO. The topological polar surface area (TPSA) is 12.5 Å². The van der Waals surface area contributed by atoms with Crippen LogP contribution in [0.25, 0.3) is 0 Å². The van der Waals surface area contributed by atoms with E-state index in [9.17, 15) is 8.78 Å². The second-order valence-corrected chi connectivity index (χ2v) is 4.01. The zero-order chi connectivity index (χ0) is 11.4. The van der Waals surface area contributed by atoms with Crippen molar-refractivity contribution in [3.8, 4) is 0 Å². The molecule has 1 heterocycles. The molecule has 0 saturated carbocycles. The molecule has 0 unspecified atom stereocenters. The fourth-order valence-electron chi connectivity index (χ4n) is 1.79. The third-order valence-corrected chi connectivity index (χ3v) is 2.71. The summed E-state index contributed by atoms with van der Waals surface area (Å²) in [5.74, 6) is -1.64. The summed E-state index contributed by atoms with van der Waals surface area (Å²) in [4.78, 5) is 5.51. The zero-order valence-electron chi connectivity index (χ0n) is 9.09. The monoisotopic (exact) mass is 227 g/mol. The molecule has 4 heteroatoms. The molecule has 2 nitrogen and oxygen atoms in total. The maximum Gasteiger partial charge on any atom is 0.159 e. The summed E-state index contributed by atoms with van der Waals surface area (Å²) in [5.41, 5.74) is 0.657. The molecule has 88 valence electrons. The Morgan fingerprint density at radius 1 is 1.06 bits per heavy atom. The summed E-state index contributed by atoms with van der Waals surface area (Å²) in [6, 6.07) is 3.85. The number of rotatable bonds is 3. The SMILES string of the molecule is Fc1ccc(CON2CCCCC2)cc1F. The number of hydrogen-bond acceptors (Lipinski definition) is 2. The first-order valence-electron chi connectivity index (χ1n) is 5.57. The van der Waals surface area contributed by atoms with E-state index in [2.05, 4.69) is 0 Å². The van der Waals surface area contributed by atoms with E-state index in [1.54, 1.807) is 6.07 Å². The summed E-state index contributed by atoms with van der Waals surface area (Å²) < 4.78 is 25.6. The Labute approximate surface area is 93.8 Å². The number of piperidine rings is 1. The number of benzene rings is 1. The fourth-order valence-corrected chi connectivity index (χ4v) is 1.79. The van der Waals surface area contributed by atoms with Crippen molar-refractivity contribution in [1.29, 1.82) is 0 Å². The quantitative estimate of drug-likeness (QED) is 0.787. The van der Waals surface area contributed by atoms with E-state index >= 15 is 0 Å². The van der Waals surface area contributed by atoms with Crippen LogP contribution in [-0.2, 0) is 11.4 Å². The second-order valence-electron chi connectivity index (χ2n) is 4.01. The predicted octanol–water partition coefficient (Wildman–Crippen LogP) is 2.88. The van der Waals surface area contributed by atoms with E-state index < -0.39 is 11.6 Å². The van der Waals surface area contributed by atoms with Gasteiger partial charge in [0.25, 0.3) is 0 Å². The third kappa shape index (κ3) is 3.00. The van der Waals surface area contributed by atoms with Gasteiger partial charge in [-0.1, -0.05) is 12.5 Å². The smallest absolute Gasteiger partial charge is 0.159 e. The van der Waals surface area contributed by atoms with E-state index in [1.165, 1.54) is 12.5 Å². The van der Waals surface area contributed by atoms with Crippen molar-refractivity contribution in [1.82, 2.24) is 5.06 Å². The highest BCUT2D eigenvalue weighted by molar-refractivity contribution is 5.16. The average Bonchev–Trinajstić information content (AvgIpc) is 2.32. The standard InChI is InChI=1S/C12H15F2NO/c13-11-5-4-10(8-12(11)14)9-16-15-6-2-1-3-7-15/h4-5,8H,1-3,6-7,9H2. The molecule has 0 radical (unpaired) electrons. The molecule has 0 atom stereocenters. The number of hydrogen-bond donors (Lipinski definition) is 0. The molecule has 0 amide bonds. The summed E-state index contributed by atoms with van der Waals surface area (Å²) in [7, 11) is 0. The van der Waals surface area contributed by atoms with Gasteiger partial charge in [-0.25, -0.2) is 8.78 Å². The molecule has 0 spiro atoms. The summed E-state index contributed by atoms with van der Waals surface area (Å²) >= 11 is 0. The highest BCUT2D eigenvalue weighted by atomic mass is 19.2. The van der Waals surface area contributed by atoms with Crippen molar-refractivity contribution in [2.24, 2.45) is 0 Å². The molecule has 0 N–H and O–H groups in total. The fraction of sp³-hybridized carbons (Fsp3) is 0.500. The molecule has 0 aliphatic carbocycles. The molecule has 0 aromatic heterocycles. The number of nitrogens with zero attached hydrogens (tertiary/aromatic N) is 1. The molecular weight excluding hydrogens is 212 g/mol. The van der Waals surface area contributed by atoms with Gasteiger partial charge in [0.05, 0.1) is 6.61 Å². The molecule has 1 aliphatic rings. The molecule has 1 fully saturated rings. The van der Waals surface area contributed by atoms with Crippen LogP contribution in [0, 0.1) is 11.6 Å². The van der Waals surface area contributed by atoms with Gasteiger partial charge in [-0.15, -0.1) is 0 Å². The molecule has 2 rings (SSSR count). The number of hydroxylamine groups is 2. The molecule has 1 aromatic carbocycles. The first kappa shape index (κ1) is 11.5. The van der Waals surface area contributed by atoms with Crippen LogP contribution in [0.15, 0.2) is 18.2 Å². The maximum atomic E-state index is 12.9. The molecule has 1 aromatic rings. The van der Waals surface area contributed by atoms with Crippen LogP contribution >= 0.6 is 0 Å². The Bertz CT molecular complexity index is 351. The van der Waals surface area contributed by atoms with Gasteiger partial charge in [0.1, 0.15) is 0 Å². The van der Waals surface area contributed by atoms with E-state index in [-0.39, 0.29) is 0 Å². The average molecular weight is 227 g/mol. The minimum atomic E-state index is -0.820. The number of halogens is 2. The minimum Gasteiger partial charge on any atom is -0.294 e. The van der Waals surface area contributed by atoms with Crippen molar-refractivity contribution < 1.29 is 13.6 Å². The summed E-state index contributed by atoms with van der Waals surface area (Å²) in [6.45, 7) is 2.14. The largest absolute Gasteiger partial charge is 0.294 e. The van der Waals surface area contributed by atoms with Crippen LogP contribution in [0.3, 0.4) is 0 Å². The Kier molecular flexibility index (Phi) is 3.85. The summed E-state index contributed by atoms with van der Waals surface area (Å²) in [6.07, 6.45) is 3.51. The third-order valence-electron chi connectivity index (χ3n) is 2.71. The Balaban J connectivity index is 1.86. The van der Waals surface area contributed by atoms with Crippen LogP contribution in [0.1, 0.15) is 24.8 Å². The van der Waals surface area contributed by atoms with Crippen molar-refractivity contribution in [3.63, 3.8) is 0 Å². The second kappa shape index (κ2) is 5.37. The first-order valence-corrected chi connectivity index (χ1v) is 5.57. The summed E-state index contributed by atoms with van der Waals surface area (Å²) in [5, 5.41) is 1.89. The highest BCUT2D eigenvalue weighted by Crippen LogP contribution is 2.13. The Morgan fingerprint density at radius 2 is 1.81 bits per heavy atom. The van der Waals surface area contributed by atoms with Gasteiger partial charge in [-0.2, -0.15) is 5.06 Å². The van der Waals surface area contributed by atoms with Gasteiger partial charge in [-0.3, -0.25) is 4.84 Å². The van der Waals surface area contributed by atoms with Gasteiger partial charge >= 0.3 is 0 Å². The van der Waals surface area contributed by atoms with Gasteiger partial charge in [-0.05, 0) is 30.5 Å². The Morgan fingerprint density at radius 3 is 2.50 bits per heavy atom. The molecule has 1 aliphatic heterocycles. The van der Waals surface area contributed by atoms with Gasteiger partial charge in [0, 0.05) is 13.1 Å². The lowest BCUT2D eigenvalue weighted by Crippen LogP contribution is -2.29. The lowest BCUT2D eigenvalue weighted by Gasteiger charge is -2.25. The normalized spacial score (nSPS) is 17.6. The van der Waals surface area contributed by atoms with E-state index in [0.29, 0.717) is 12.2 Å². The highest BCUT2D eigenvalue weighted by Gasteiger charge is 2.11. The van der Waals surface area contributed by atoms with E-state index in [0.717, 1.165) is 32.0 Å². The van der Waals surface area contributed by atoms with E-state index in [4.69, 9.17) is 4.84 Å². The van der Waals surface area contributed by atoms with E-state index in [1.807, 2.05) is 5.06 Å². The van der Waals surface area contributed by atoms with Crippen molar-refractivity contribution in [3.05, 3.63) is 35.4 Å². The molecule has 1 saturated heterocycles. The molecule has 16 heavy (non-hydrogen) atoms. The first-order chi connectivity index (χ1) is 7.75. The van der Waals surface area contributed by atoms with Crippen molar-refractivity contribution in [2.75, 3.05) is 13.1 Å². The van der Waals surface area contributed by atoms with Gasteiger partial charge in [0.2, 0.25) is 0 Å². The van der Waals surface area contributed by atoms with Gasteiger partial charge < -0.3 is 0 Å². The Hall–Kier alpha value is -1.00. The zero-order valence-corrected chi connectivity index (χ0v) is 9.09. The lowest BCUT2D eigenvalue weighted by atomic mass is 10.2. The maximum absolute atomic E-state index is 12.9. The van der Waals surface area contributed by atoms with Crippen LogP contribution in [0.5, 0.6) is 0 Å². The molecule has 0 bridgehead atoms. The van der Waals surface area contributed by atoms with Crippen molar-refractivity contribution in [2.45, 2.75) is 25.9 Å². The van der Waals surface area contributed by atoms with Crippen LogP contribution in [0.2, 0.25) is 0 Å². The lowest BCUT2D eigenvalue weighted by molar-refractivity contribution is -0.178. The van der Waals surface area contributed by atoms with Crippen LogP contribution in [0.4, 0.5) is 8.78 Å². The van der Waals surface area contributed by atoms with Crippen LogP contribution < -0.4 is 0 Å².